The average Bonchev–Trinajstić information content (AvgIpc) is 2.26. The summed E-state index contributed by atoms with van der Waals surface area (Å²) in [5.74, 6) is 0.743. The molecule has 0 aromatic carbocycles. The number of carbonyl (C=O) groups excluding carboxylic acids is 1. The quantitative estimate of drug-likeness (QED) is 0.517. The van der Waals surface area contributed by atoms with Crippen LogP contribution in [0, 0.1) is 17.3 Å². The van der Waals surface area contributed by atoms with E-state index in [9.17, 15) is 4.79 Å². The van der Waals surface area contributed by atoms with Crippen molar-refractivity contribution in [3.8, 4) is 0 Å². The van der Waals surface area contributed by atoms with Gasteiger partial charge >= 0.3 is 5.97 Å². The lowest BCUT2D eigenvalue weighted by molar-refractivity contribution is -0.146. The first-order valence-electron chi connectivity index (χ1n) is 4.71. The van der Waals surface area contributed by atoms with E-state index in [0.29, 0.717) is 5.92 Å². The van der Waals surface area contributed by atoms with Gasteiger partial charge in [0.05, 0.1) is 5.92 Å². The van der Waals surface area contributed by atoms with Crippen molar-refractivity contribution >= 4 is 5.97 Å². The second kappa shape index (κ2) is 2.24. The predicted molar refractivity (Wildman–Crippen MR) is 45.5 cm³/mol. The van der Waals surface area contributed by atoms with Crippen molar-refractivity contribution in [2.24, 2.45) is 17.3 Å². The van der Waals surface area contributed by atoms with Crippen LogP contribution in [0.1, 0.15) is 33.6 Å². The van der Waals surface area contributed by atoms with Gasteiger partial charge in [-0.1, -0.05) is 20.8 Å². The first-order chi connectivity index (χ1) is 5.50. The molecule has 1 aliphatic carbocycles. The summed E-state index contributed by atoms with van der Waals surface area (Å²) in [4.78, 5) is 11.3. The van der Waals surface area contributed by atoms with Crippen LogP contribution in [0.2, 0.25) is 0 Å². The normalized spacial score (nSPS) is 44.2. The third-order valence-corrected chi connectivity index (χ3v) is 3.44. The third kappa shape index (κ3) is 0.970. The molecule has 0 amide bonds. The van der Waals surface area contributed by atoms with Gasteiger partial charge in [0.15, 0.2) is 0 Å². The summed E-state index contributed by atoms with van der Waals surface area (Å²) in [6.45, 7) is 6.56. The largest absolute Gasteiger partial charge is 0.462 e. The highest BCUT2D eigenvalue weighted by atomic mass is 16.6. The highest BCUT2D eigenvalue weighted by Crippen LogP contribution is 2.48. The minimum atomic E-state index is 0.0399. The van der Waals surface area contributed by atoms with Crippen LogP contribution in [0.25, 0.3) is 0 Å². The van der Waals surface area contributed by atoms with E-state index < -0.39 is 0 Å². The van der Waals surface area contributed by atoms with Gasteiger partial charge < -0.3 is 4.74 Å². The molecule has 0 aromatic rings. The lowest BCUT2D eigenvalue weighted by atomic mass is 9.68. The smallest absolute Gasteiger partial charge is 0.309 e. The van der Waals surface area contributed by atoms with Gasteiger partial charge in [-0.3, -0.25) is 4.79 Å². The maximum Gasteiger partial charge on any atom is 0.309 e. The molecule has 68 valence electrons. The molecule has 3 unspecified atom stereocenters. The molecule has 0 aromatic heterocycles. The van der Waals surface area contributed by atoms with Crippen LogP contribution in [-0.2, 0) is 9.53 Å². The molecule has 2 bridgehead atoms. The lowest BCUT2D eigenvalue weighted by Gasteiger charge is -2.36. The number of carbonyl (C=O) groups is 1. The number of esters is 1. The van der Waals surface area contributed by atoms with Crippen LogP contribution >= 0.6 is 0 Å². The topological polar surface area (TPSA) is 26.3 Å². The van der Waals surface area contributed by atoms with Gasteiger partial charge in [-0.25, -0.2) is 0 Å². The molecule has 12 heavy (non-hydrogen) atoms. The Morgan fingerprint density at radius 1 is 1.50 bits per heavy atom. The molecular weight excluding hydrogens is 152 g/mol. The van der Waals surface area contributed by atoms with Crippen molar-refractivity contribution < 1.29 is 9.53 Å². The molecule has 2 nitrogen and oxygen atoms in total. The van der Waals surface area contributed by atoms with Crippen LogP contribution in [0.4, 0.5) is 0 Å². The molecule has 0 radical (unpaired) electrons. The highest BCUT2D eigenvalue weighted by molar-refractivity contribution is 5.75. The maximum atomic E-state index is 11.3. The van der Waals surface area contributed by atoms with Crippen molar-refractivity contribution in [2.45, 2.75) is 39.7 Å². The fraction of sp³-hybridized carbons (Fsp3) is 0.900. The summed E-state index contributed by atoms with van der Waals surface area (Å²) in [7, 11) is 0. The van der Waals surface area contributed by atoms with Crippen molar-refractivity contribution in [3.63, 3.8) is 0 Å². The second-order valence-electron chi connectivity index (χ2n) is 4.94. The second-order valence-corrected chi connectivity index (χ2v) is 4.94. The SMILES string of the molecule is CC1CC(C)(C)C2CC1C(=O)O2. The van der Waals surface area contributed by atoms with Gasteiger partial charge in [0.25, 0.3) is 0 Å². The highest BCUT2D eigenvalue weighted by Gasteiger charge is 2.50. The van der Waals surface area contributed by atoms with Crippen LogP contribution in [-0.4, -0.2) is 12.1 Å². The Kier molecular flexibility index (Phi) is 1.51. The molecule has 3 atom stereocenters. The van der Waals surface area contributed by atoms with Crippen LogP contribution < -0.4 is 0 Å². The minimum Gasteiger partial charge on any atom is -0.462 e. The molecule has 2 fully saturated rings. The number of ether oxygens (including phenoxy) is 1. The lowest BCUT2D eigenvalue weighted by Crippen LogP contribution is -2.35. The van der Waals surface area contributed by atoms with Gasteiger partial charge in [-0.2, -0.15) is 0 Å². The van der Waals surface area contributed by atoms with E-state index in [-0.39, 0.29) is 23.4 Å². The molecule has 2 rings (SSSR count). The molecule has 0 N–H and O–H groups in total. The first kappa shape index (κ1) is 8.09. The van der Waals surface area contributed by atoms with Crippen molar-refractivity contribution in [3.05, 3.63) is 0 Å². The molecule has 2 heteroatoms. The number of rotatable bonds is 0. The monoisotopic (exact) mass is 168 g/mol. The van der Waals surface area contributed by atoms with E-state index in [1.54, 1.807) is 0 Å². The summed E-state index contributed by atoms with van der Waals surface area (Å²) in [6.07, 6.45) is 2.26. The molecule has 1 aliphatic heterocycles. The molecule has 1 heterocycles. The molecule has 1 saturated heterocycles. The van der Waals surface area contributed by atoms with Gasteiger partial charge in [0.1, 0.15) is 6.10 Å². The predicted octanol–water partition coefficient (Wildman–Crippen LogP) is 1.98. The summed E-state index contributed by atoms with van der Waals surface area (Å²) < 4.78 is 5.33. The van der Waals surface area contributed by atoms with Gasteiger partial charge in [0.2, 0.25) is 0 Å². The van der Waals surface area contributed by atoms with Crippen LogP contribution in [0.15, 0.2) is 0 Å². The Bertz CT molecular complexity index is 220. The summed E-state index contributed by atoms with van der Waals surface area (Å²) in [6, 6.07) is 0. The Labute approximate surface area is 73.3 Å². The summed E-state index contributed by atoms with van der Waals surface area (Å²) >= 11 is 0. The average molecular weight is 168 g/mol. The first-order valence-corrected chi connectivity index (χ1v) is 4.71. The summed E-state index contributed by atoms with van der Waals surface area (Å²) in [5, 5.41) is 0. The van der Waals surface area contributed by atoms with E-state index >= 15 is 0 Å². The summed E-state index contributed by atoms with van der Waals surface area (Å²) in [5.41, 5.74) is 0.197. The van der Waals surface area contributed by atoms with E-state index in [2.05, 4.69) is 20.8 Å². The van der Waals surface area contributed by atoms with Crippen molar-refractivity contribution in [2.75, 3.05) is 0 Å². The fourth-order valence-corrected chi connectivity index (χ4v) is 2.65. The van der Waals surface area contributed by atoms with Crippen LogP contribution in [0.5, 0.6) is 0 Å². The Morgan fingerprint density at radius 2 is 2.17 bits per heavy atom. The standard InChI is InChI=1S/C10H16O2/c1-6-5-10(2,3)8-4-7(6)9(11)12-8/h6-8H,4-5H2,1-3H3. The zero-order chi connectivity index (χ0) is 8.93. The molecule has 1 saturated carbocycles. The zero-order valence-corrected chi connectivity index (χ0v) is 7.96. The fourth-order valence-electron chi connectivity index (χ4n) is 2.65. The minimum absolute atomic E-state index is 0.0399. The van der Waals surface area contributed by atoms with E-state index in [0.717, 1.165) is 12.8 Å². The van der Waals surface area contributed by atoms with Gasteiger partial charge in [-0.05, 0) is 18.8 Å². The Hall–Kier alpha value is -0.530. The van der Waals surface area contributed by atoms with E-state index in [1.165, 1.54) is 0 Å². The third-order valence-electron chi connectivity index (χ3n) is 3.44. The molecular formula is C10H16O2. The number of hydrogen-bond acceptors (Lipinski definition) is 2. The Balaban J connectivity index is 2.27. The van der Waals surface area contributed by atoms with E-state index in [1.807, 2.05) is 0 Å². The van der Waals surface area contributed by atoms with Gasteiger partial charge in [-0.15, -0.1) is 0 Å². The van der Waals surface area contributed by atoms with Crippen molar-refractivity contribution in [1.82, 2.24) is 0 Å². The number of fused-ring (bicyclic) bond motifs is 2. The van der Waals surface area contributed by atoms with E-state index in [4.69, 9.17) is 4.74 Å². The zero-order valence-electron chi connectivity index (χ0n) is 7.96. The van der Waals surface area contributed by atoms with Crippen molar-refractivity contribution in [1.29, 1.82) is 0 Å². The van der Waals surface area contributed by atoms with Gasteiger partial charge in [0, 0.05) is 5.41 Å². The maximum absolute atomic E-state index is 11.3. The molecule has 0 spiro atoms. The number of hydrogen-bond donors (Lipinski definition) is 0. The molecule has 2 aliphatic rings. The Morgan fingerprint density at radius 3 is 2.83 bits per heavy atom. The van der Waals surface area contributed by atoms with Crippen LogP contribution in [0.3, 0.4) is 0 Å².